The van der Waals surface area contributed by atoms with E-state index in [1.807, 2.05) is 11.8 Å². The molecule has 0 aromatic carbocycles. The number of likely N-dealkylation sites (tertiary alicyclic amines) is 1. The van der Waals surface area contributed by atoms with E-state index in [-0.39, 0.29) is 11.9 Å². The molecule has 16 heavy (non-hydrogen) atoms. The number of carbonyl (C=O) groups is 1. The molecule has 1 atom stereocenters. The van der Waals surface area contributed by atoms with Gasteiger partial charge in [0.25, 0.3) is 0 Å². The van der Waals surface area contributed by atoms with E-state index in [2.05, 4.69) is 20.0 Å². The highest BCUT2D eigenvalue weighted by molar-refractivity contribution is 5.81. The third kappa shape index (κ3) is 2.57. The van der Waals surface area contributed by atoms with Crippen LogP contribution in [0.25, 0.3) is 0 Å². The van der Waals surface area contributed by atoms with Gasteiger partial charge in [0.2, 0.25) is 12.3 Å². The first-order valence-corrected chi connectivity index (χ1v) is 5.55. The Morgan fingerprint density at radius 1 is 1.62 bits per heavy atom. The molecule has 1 saturated heterocycles. The molecule has 0 spiro atoms. The second kappa shape index (κ2) is 5.07. The van der Waals surface area contributed by atoms with E-state index < -0.39 is 0 Å². The van der Waals surface area contributed by atoms with Crippen molar-refractivity contribution in [3.05, 3.63) is 12.2 Å². The maximum atomic E-state index is 11.9. The van der Waals surface area contributed by atoms with Gasteiger partial charge in [-0.2, -0.15) is 4.98 Å². The highest BCUT2D eigenvalue weighted by Crippen LogP contribution is 2.09. The van der Waals surface area contributed by atoms with Gasteiger partial charge in [0.05, 0.1) is 12.6 Å². The van der Waals surface area contributed by atoms with Gasteiger partial charge in [-0.1, -0.05) is 5.16 Å². The molecule has 1 aromatic heterocycles. The third-order valence-corrected chi connectivity index (χ3v) is 2.76. The number of carbonyl (C=O) groups excluding carboxylic acids is 1. The van der Waals surface area contributed by atoms with Gasteiger partial charge < -0.3 is 9.42 Å². The summed E-state index contributed by atoms with van der Waals surface area (Å²) in [5, 5.41) is 6.76. The molecule has 2 rings (SSSR count). The zero-order valence-corrected chi connectivity index (χ0v) is 9.35. The fraction of sp³-hybridized carbons (Fsp3) is 0.700. The van der Waals surface area contributed by atoms with Crippen molar-refractivity contribution in [1.29, 1.82) is 0 Å². The van der Waals surface area contributed by atoms with Gasteiger partial charge in [-0.25, -0.2) is 0 Å². The molecular formula is C10H16N4O2. The quantitative estimate of drug-likeness (QED) is 0.789. The summed E-state index contributed by atoms with van der Waals surface area (Å²) in [5.74, 6) is 0.724. The lowest BCUT2D eigenvalue weighted by molar-refractivity contribution is -0.132. The summed E-state index contributed by atoms with van der Waals surface area (Å²) < 4.78 is 4.61. The van der Waals surface area contributed by atoms with Crippen LogP contribution in [0.5, 0.6) is 0 Å². The van der Waals surface area contributed by atoms with Crippen LogP contribution >= 0.6 is 0 Å². The van der Waals surface area contributed by atoms with Crippen LogP contribution in [0.2, 0.25) is 0 Å². The molecule has 1 unspecified atom stereocenters. The van der Waals surface area contributed by atoms with Gasteiger partial charge in [0, 0.05) is 13.1 Å². The van der Waals surface area contributed by atoms with E-state index in [1.165, 1.54) is 6.39 Å². The number of nitrogens with zero attached hydrogens (tertiary/aromatic N) is 3. The van der Waals surface area contributed by atoms with Crippen molar-refractivity contribution in [2.45, 2.75) is 32.4 Å². The zero-order chi connectivity index (χ0) is 11.4. The molecule has 1 amide bonds. The van der Waals surface area contributed by atoms with Crippen LogP contribution in [-0.4, -0.2) is 40.1 Å². The number of hydrogen-bond donors (Lipinski definition) is 1. The highest BCUT2D eigenvalue weighted by atomic mass is 16.5. The maximum Gasteiger partial charge on any atom is 0.239 e. The van der Waals surface area contributed by atoms with Gasteiger partial charge >= 0.3 is 0 Å². The molecule has 1 aliphatic rings. The molecule has 0 radical (unpaired) electrons. The summed E-state index contributed by atoms with van der Waals surface area (Å²) in [5.41, 5.74) is 0. The summed E-state index contributed by atoms with van der Waals surface area (Å²) in [4.78, 5) is 17.7. The van der Waals surface area contributed by atoms with E-state index in [1.54, 1.807) is 0 Å². The van der Waals surface area contributed by atoms with E-state index in [0.717, 1.165) is 25.9 Å². The topological polar surface area (TPSA) is 71.3 Å². The number of amides is 1. The molecule has 0 saturated carbocycles. The van der Waals surface area contributed by atoms with E-state index in [4.69, 9.17) is 0 Å². The average molecular weight is 224 g/mol. The second-order valence-corrected chi connectivity index (χ2v) is 3.98. The predicted octanol–water partition coefficient (Wildman–Crippen LogP) is 0.170. The molecule has 1 aromatic rings. The minimum Gasteiger partial charge on any atom is -0.343 e. The summed E-state index contributed by atoms with van der Waals surface area (Å²) >= 11 is 0. The smallest absolute Gasteiger partial charge is 0.239 e. The number of hydrogen-bond acceptors (Lipinski definition) is 5. The monoisotopic (exact) mass is 224 g/mol. The lowest BCUT2D eigenvalue weighted by Gasteiger charge is -2.20. The molecule has 0 bridgehead atoms. The van der Waals surface area contributed by atoms with Crippen LogP contribution in [0.3, 0.4) is 0 Å². The maximum absolute atomic E-state index is 11.9. The van der Waals surface area contributed by atoms with Gasteiger partial charge in [0.1, 0.15) is 0 Å². The Morgan fingerprint density at radius 2 is 2.38 bits per heavy atom. The molecule has 6 heteroatoms. The fourth-order valence-electron chi connectivity index (χ4n) is 1.81. The number of aromatic nitrogens is 2. The van der Waals surface area contributed by atoms with Crippen LogP contribution in [0.15, 0.2) is 10.9 Å². The Kier molecular flexibility index (Phi) is 3.51. The first-order valence-electron chi connectivity index (χ1n) is 5.55. The third-order valence-electron chi connectivity index (χ3n) is 2.76. The Bertz CT molecular complexity index is 333. The zero-order valence-electron chi connectivity index (χ0n) is 9.35. The average Bonchev–Trinajstić information content (AvgIpc) is 2.96. The lowest BCUT2D eigenvalue weighted by atomic mass is 10.3. The van der Waals surface area contributed by atoms with Crippen LogP contribution < -0.4 is 5.32 Å². The number of nitrogens with one attached hydrogen (secondary N) is 1. The molecule has 88 valence electrons. The summed E-state index contributed by atoms with van der Waals surface area (Å²) in [6.45, 7) is 4.08. The van der Waals surface area contributed by atoms with Crippen LogP contribution in [-0.2, 0) is 11.3 Å². The first-order chi connectivity index (χ1) is 7.77. The van der Waals surface area contributed by atoms with Crippen molar-refractivity contribution in [2.75, 3.05) is 13.1 Å². The van der Waals surface area contributed by atoms with Crippen LogP contribution in [0.1, 0.15) is 25.6 Å². The summed E-state index contributed by atoms with van der Waals surface area (Å²) in [6, 6.07) is -0.198. The number of rotatable bonds is 4. The molecule has 1 N–H and O–H groups in total. The Morgan fingerprint density at radius 3 is 3.00 bits per heavy atom. The highest BCUT2D eigenvalue weighted by Gasteiger charge is 2.22. The Hall–Kier alpha value is -1.43. The van der Waals surface area contributed by atoms with E-state index in [0.29, 0.717) is 12.4 Å². The summed E-state index contributed by atoms with van der Waals surface area (Å²) in [6.07, 6.45) is 3.51. The Labute approximate surface area is 94.0 Å². The molecule has 2 heterocycles. The van der Waals surface area contributed by atoms with Gasteiger partial charge in [0.15, 0.2) is 5.82 Å². The van der Waals surface area contributed by atoms with E-state index >= 15 is 0 Å². The van der Waals surface area contributed by atoms with Crippen molar-refractivity contribution in [1.82, 2.24) is 20.4 Å². The van der Waals surface area contributed by atoms with Crippen LogP contribution in [0.4, 0.5) is 0 Å². The van der Waals surface area contributed by atoms with Crippen LogP contribution in [0, 0.1) is 0 Å². The van der Waals surface area contributed by atoms with Crippen molar-refractivity contribution in [3.8, 4) is 0 Å². The largest absolute Gasteiger partial charge is 0.343 e. The molecule has 6 nitrogen and oxygen atoms in total. The SMILES string of the molecule is CC(NCc1ncon1)C(=O)N1CCCC1. The fourth-order valence-corrected chi connectivity index (χ4v) is 1.81. The standard InChI is InChI=1S/C10H16N4O2/c1-8(10(15)14-4-2-3-5-14)11-6-9-12-7-16-13-9/h7-8,11H,2-6H2,1H3. The molecule has 1 aliphatic heterocycles. The minimum absolute atomic E-state index is 0.154. The normalized spacial score (nSPS) is 17.7. The summed E-state index contributed by atoms with van der Waals surface area (Å²) in [7, 11) is 0. The van der Waals surface area contributed by atoms with Gasteiger partial charge in [-0.15, -0.1) is 0 Å². The first kappa shape index (κ1) is 11.1. The molecule has 0 aliphatic carbocycles. The Balaban J connectivity index is 1.78. The van der Waals surface area contributed by atoms with E-state index in [9.17, 15) is 4.79 Å². The molecule has 1 fully saturated rings. The second-order valence-electron chi connectivity index (χ2n) is 3.98. The van der Waals surface area contributed by atoms with Gasteiger partial charge in [-0.05, 0) is 19.8 Å². The minimum atomic E-state index is -0.198. The predicted molar refractivity (Wildman–Crippen MR) is 56.4 cm³/mol. The van der Waals surface area contributed by atoms with Crippen molar-refractivity contribution in [2.24, 2.45) is 0 Å². The van der Waals surface area contributed by atoms with Crippen molar-refractivity contribution >= 4 is 5.91 Å². The van der Waals surface area contributed by atoms with Crippen molar-refractivity contribution < 1.29 is 9.32 Å². The van der Waals surface area contributed by atoms with Gasteiger partial charge in [-0.3, -0.25) is 10.1 Å². The van der Waals surface area contributed by atoms with Crippen molar-refractivity contribution in [3.63, 3.8) is 0 Å². The lowest BCUT2D eigenvalue weighted by Crippen LogP contribution is -2.43. The molecular weight excluding hydrogens is 208 g/mol.